The molecule has 1 aromatic heterocycles. The highest BCUT2D eigenvalue weighted by atomic mass is 15.6. The van der Waals surface area contributed by atoms with Crippen LogP contribution >= 0.6 is 0 Å². The molecule has 7 heteroatoms. The second-order valence-corrected chi connectivity index (χ2v) is 18.0. The average molecular weight is 559 g/mol. The van der Waals surface area contributed by atoms with Gasteiger partial charge in [-0.2, -0.15) is 0 Å². The van der Waals surface area contributed by atoms with Crippen molar-refractivity contribution >= 4 is 17.8 Å². The third-order valence-electron chi connectivity index (χ3n) is 13.7. The molecule has 3 saturated heterocycles. The molecule has 7 nitrogen and oxygen atoms in total. The summed E-state index contributed by atoms with van der Waals surface area (Å²) in [7, 11) is 7.17. The zero-order chi connectivity index (χ0) is 30.6. The summed E-state index contributed by atoms with van der Waals surface area (Å²) in [5.74, 6) is 2.79. The lowest BCUT2D eigenvalue weighted by atomic mass is 9.74. The molecule has 0 aliphatic carbocycles. The fraction of sp³-hybridized carbons (Fsp3) is 0.909. The highest BCUT2D eigenvalue weighted by molar-refractivity contribution is 5.49. The van der Waals surface area contributed by atoms with Crippen LogP contribution < -0.4 is 19.2 Å². The van der Waals surface area contributed by atoms with E-state index in [1.54, 1.807) is 0 Å². The van der Waals surface area contributed by atoms with E-state index >= 15 is 0 Å². The molecule has 4 heterocycles. The number of quaternary nitrogens is 3. The van der Waals surface area contributed by atoms with Gasteiger partial charge in [0, 0.05) is 44.6 Å². The molecular formula is C33H64N7+3. The Morgan fingerprint density at radius 2 is 0.700 bits per heavy atom. The first-order valence-electron chi connectivity index (χ1n) is 16.0. The lowest BCUT2D eigenvalue weighted by Crippen LogP contribution is -2.77. The summed E-state index contributed by atoms with van der Waals surface area (Å²) in [6.45, 7) is 28.9. The van der Waals surface area contributed by atoms with Gasteiger partial charge in [-0.25, -0.2) is 0 Å². The second kappa shape index (κ2) is 8.93. The van der Waals surface area contributed by atoms with Crippen LogP contribution in [0.5, 0.6) is 0 Å². The molecule has 0 atom stereocenters. The number of hydrogen-bond donors (Lipinski definition) is 1. The van der Waals surface area contributed by atoms with E-state index in [1.165, 1.54) is 12.8 Å². The fourth-order valence-corrected chi connectivity index (χ4v) is 9.55. The molecule has 3 aliphatic heterocycles. The molecule has 0 bridgehead atoms. The van der Waals surface area contributed by atoms with Gasteiger partial charge in [0.05, 0.1) is 21.1 Å². The third kappa shape index (κ3) is 4.00. The van der Waals surface area contributed by atoms with E-state index in [-0.39, 0.29) is 39.3 Å². The highest BCUT2D eigenvalue weighted by Gasteiger charge is 2.64. The van der Waals surface area contributed by atoms with Gasteiger partial charge in [0.2, 0.25) is 0 Å². The molecule has 40 heavy (non-hydrogen) atoms. The zero-order valence-electron chi connectivity index (χ0n) is 29.0. The predicted octanol–water partition coefficient (Wildman–Crippen LogP) is 6.84. The van der Waals surface area contributed by atoms with Crippen LogP contribution in [0.1, 0.15) is 134 Å². The normalized spacial score (nSPS) is 34.6. The standard InChI is InChI=1S/C33H64N7/c1-28(2)18-16-19-29(3,4)38(28,13)25-35-26(39(14)30(5,6)20-17-21-31(39,7)8)37-27(36-25)40(15)32(9,10)22-24(34)23-33(40,11)12/h24H,16-23,34H2,1-15H3/q+3. The lowest BCUT2D eigenvalue weighted by molar-refractivity contribution is -0.0219. The minimum atomic E-state index is -0.131. The summed E-state index contributed by atoms with van der Waals surface area (Å²) in [6, 6.07) is 0.172. The number of rotatable bonds is 3. The van der Waals surface area contributed by atoms with Gasteiger partial charge < -0.3 is 5.73 Å². The van der Waals surface area contributed by atoms with Gasteiger partial charge in [-0.15, -0.1) is 15.0 Å². The van der Waals surface area contributed by atoms with Crippen molar-refractivity contribution in [3.63, 3.8) is 0 Å². The number of nitrogens with zero attached hydrogens (tertiary/aromatic N) is 6. The van der Waals surface area contributed by atoms with Crippen molar-refractivity contribution in [2.24, 2.45) is 5.73 Å². The molecule has 0 amide bonds. The fourth-order valence-electron chi connectivity index (χ4n) is 9.55. The Kier molecular flexibility index (Phi) is 7.10. The molecule has 228 valence electrons. The Morgan fingerprint density at radius 3 is 0.950 bits per heavy atom. The molecule has 3 aliphatic rings. The van der Waals surface area contributed by atoms with Crippen LogP contribution in [-0.4, -0.2) is 75.4 Å². The Labute approximate surface area is 246 Å². The van der Waals surface area contributed by atoms with E-state index in [9.17, 15) is 0 Å². The maximum atomic E-state index is 6.69. The number of aromatic nitrogens is 3. The van der Waals surface area contributed by atoms with Crippen molar-refractivity contribution in [2.75, 3.05) is 21.1 Å². The molecule has 4 rings (SSSR count). The third-order valence-corrected chi connectivity index (χ3v) is 13.7. The number of likely N-dealkylation sites (tertiary alicyclic amines) is 3. The molecule has 3 fully saturated rings. The Morgan fingerprint density at radius 1 is 0.475 bits per heavy atom. The molecule has 0 radical (unpaired) electrons. The van der Waals surface area contributed by atoms with Crippen LogP contribution in [0.15, 0.2) is 0 Å². The quantitative estimate of drug-likeness (QED) is 0.412. The van der Waals surface area contributed by atoms with Gasteiger partial charge in [-0.1, -0.05) is 0 Å². The first kappa shape index (κ1) is 31.8. The first-order valence-corrected chi connectivity index (χ1v) is 16.0. The molecule has 0 unspecified atom stereocenters. The minimum absolute atomic E-state index is 0.00297. The largest absolute Gasteiger partial charge is 0.342 e. The van der Waals surface area contributed by atoms with Gasteiger partial charge in [0.15, 0.2) is 0 Å². The van der Waals surface area contributed by atoms with Crippen LogP contribution in [0.4, 0.5) is 17.8 Å². The van der Waals surface area contributed by atoms with Gasteiger partial charge >= 0.3 is 17.8 Å². The van der Waals surface area contributed by atoms with Crippen LogP contribution in [0.3, 0.4) is 0 Å². The van der Waals surface area contributed by atoms with Crippen molar-refractivity contribution in [2.45, 2.75) is 174 Å². The Hall–Kier alpha value is -1.15. The van der Waals surface area contributed by atoms with Crippen LogP contribution in [0, 0.1) is 0 Å². The van der Waals surface area contributed by atoms with E-state index in [4.69, 9.17) is 20.7 Å². The lowest BCUT2D eigenvalue weighted by Gasteiger charge is -2.60. The van der Waals surface area contributed by atoms with Gasteiger partial charge in [0.1, 0.15) is 33.2 Å². The van der Waals surface area contributed by atoms with Crippen LogP contribution in [0.2, 0.25) is 0 Å². The molecule has 0 spiro atoms. The van der Waals surface area contributed by atoms with E-state index < -0.39 is 0 Å². The van der Waals surface area contributed by atoms with E-state index in [0.717, 1.165) is 56.4 Å². The Balaban J connectivity index is 2.13. The smallest absolute Gasteiger partial charge is 0.327 e. The van der Waals surface area contributed by atoms with Crippen molar-refractivity contribution in [3.8, 4) is 0 Å². The van der Waals surface area contributed by atoms with Gasteiger partial charge in [-0.05, 0) is 95.9 Å². The van der Waals surface area contributed by atoms with Crippen molar-refractivity contribution in [1.82, 2.24) is 28.4 Å². The van der Waals surface area contributed by atoms with Crippen molar-refractivity contribution in [3.05, 3.63) is 0 Å². The maximum Gasteiger partial charge on any atom is 0.342 e. The number of hydrogen-bond acceptors (Lipinski definition) is 4. The summed E-state index contributed by atoms with van der Waals surface area (Å²) in [5.41, 5.74) is 6.42. The van der Waals surface area contributed by atoms with Crippen LogP contribution in [0.25, 0.3) is 0 Å². The van der Waals surface area contributed by atoms with E-state index in [1.807, 2.05) is 0 Å². The molecule has 2 N–H and O–H groups in total. The average Bonchev–Trinajstić information content (AvgIpc) is 2.77. The van der Waals surface area contributed by atoms with Gasteiger partial charge in [0.25, 0.3) is 0 Å². The second-order valence-electron chi connectivity index (χ2n) is 18.0. The molecule has 0 saturated carbocycles. The summed E-state index contributed by atoms with van der Waals surface area (Å²) in [5, 5.41) is 0. The van der Waals surface area contributed by atoms with E-state index in [2.05, 4.69) is 104 Å². The SMILES string of the molecule is CC1(C)CCCC(C)(C)[N+]1(C)c1nc([N+]2(C)C(C)(C)CCCC2(C)C)nc([N+]2(C)C(C)(C)CC(N)CC2(C)C)n1. The molecule has 0 aromatic carbocycles. The summed E-state index contributed by atoms with van der Waals surface area (Å²) in [6.07, 6.45) is 8.98. The maximum absolute atomic E-state index is 6.69. The summed E-state index contributed by atoms with van der Waals surface area (Å²) < 4.78 is 2.07. The first-order chi connectivity index (χ1) is 17.8. The summed E-state index contributed by atoms with van der Waals surface area (Å²) in [4.78, 5) is 16.9. The molecular weight excluding hydrogens is 494 g/mol. The monoisotopic (exact) mass is 559 g/mol. The van der Waals surface area contributed by atoms with Crippen molar-refractivity contribution in [1.29, 1.82) is 0 Å². The molecule has 1 aromatic rings. The topological polar surface area (TPSA) is 64.7 Å². The predicted molar refractivity (Wildman–Crippen MR) is 172 cm³/mol. The number of piperidine rings is 3. The minimum Gasteiger partial charge on any atom is -0.327 e. The number of nitrogens with two attached hydrogens (primary N) is 1. The summed E-state index contributed by atoms with van der Waals surface area (Å²) >= 11 is 0. The Bertz CT molecular complexity index is 1030. The highest BCUT2D eigenvalue weighted by Crippen LogP contribution is 2.53. The van der Waals surface area contributed by atoms with Gasteiger partial charge in [-0.3, -0.25) is 13.4 Å². The van der Waals surface area contributed by atoms with Crippen molar-refractivity contribution < 1.29 is 0 Å². The van der Waals surface area contributed by atoms with E-state index in [0.29, 0.717) is 13.4 Å². The zero-order valence-corrected chi connectivity index (χ0v) is 29.0. The van der Waals surface area contributed by atoms with Crippen LogP contribution in [-0.2, 0) is 0 Å².